The molecule has 1 fully saturated rings. The maximum Gasteiger partial charge on any atom is 0.194 e. The highest BCUT2D eigenvalue weighted by Crippen LogP contribution is 2.52. The van der Waals surface area contributed by atoms with Gasteiger partial charge in [-0.3, -0.25) is 9.59 Å². The SMILES string of the molecule is CC1(C)O[C@@H]2Cc3c4c(cc(OCc5ccccc5)c3[C@@H]2O1)C(=O)c1ccccc1C4=O. The molecule has 5 heteroatoms. The van der Waals surface area contributed by atoms with Crippen molar-refractivity contribution in [1.29, 1.82) is 0 Å². The van der Waals surface area contributed by atoms with Gasteiger partial charge >= 0.3 is 0 Å². The first-order valence-corrected chi connectivity index (χ1v) is 10.8. The third kappa shape index (κ3) is 2.85. The largest absolute Gasteiger partial charge is 0.488 e. The smallest absolute Gasteiger partial charge is 0.194 e. The number of carbonyl (C=O) groups excluding carboxylic acids is 2. The molecule has 0 saturated carbocycles. The van der Waals surface area contributed by atoms with E-state index in [0.29, 0.717) is 41.0 Å². The van der Waals surface area contributed by atoms with Crippen LogP contribution in [0.25, 0.3) is 0 Å². The maximum atomic E-state index is 13.5. The molecule has 6 rings (SSSR count). The number of ether oxygens (including phenoxy) is 3. The summed E-state index contributed by atoms with van der Waals surface area (Å²) < 4.78 is 18.6. The zero-order valence-electron chi connectivity index (χ0n) is 17.9. The van der Waals surface area contributed by atoms with Crippen LogP contribution in [0.3, 0.4) is 0 Å². The van der Waals surface area contributed by atoms with E-state index in [2.05, 4.69) is 0 Å². The molecule has 3 aliphatic rings. The van der Waals surface area contributed by atoms with Crippen molar-refractivity contribution in [1.82, 2.24) is 0 Å². The van der Waals surface area contributed by atoms with Gasteiger partial charge in [-0.15, -0.1) is 0 Å². The van der Waals surface area contributed by atoms with Crippen molar-refractivity contribution >= 4 is 11.6 Å². The second kappa shape index (κ2) is 6.86. The normalized spacial score (nSPS) is 22.2. The van der Waals surface area contributed by atoms with Crippen LogP contribution in [0.1, 0.15) is 68.5 Å². The van der Waals surface area contributed by atoms with E-state index in [9.17, 15) is 9.59 Å². The van der Waals surface area contributed by atoms with E-state index in [1.54, 1.807) is 30.3 Å². The molecule has 2 atom stereocenters. The number of hydrogen-bond acceptors (Lipinski definition) is 5. The van der Waals surface area contributed by atoms with Crippen molar-refractivity contribution in [2.45, 2.75) is 44.9 Å². The molecule has 0 radical (unpaired) electrons. The average Bonchev–Trinajstić information content (AvgIpc) is 3.28. The molecule has 0 unspecified atom stereocenters. The number of hydrogen-bond donors (Lipinski definition) is 0. The summed E-state index contributed by atoms with van der Waals surface area (Å²) in [6, 6.07) is 18.6. The molecule has 1 heterocycles. The average molecular weight is 426 g/mol. The lowest BCUT2D eigenvalue weighted by Crippen LogP contribution is -2.25. The molecule has 160 valence electrons. The summed E-state index contributed by atoms with van der Waals surface area (Å²) in [7, 11) is 0. The van der Waals surface area contributed by atoms with E-state index in [4.69, 9.17) is 14.2 Å². The van der Waals surface area contributed by atoms with Crippen molar-refractivity contribution in [2.75, 3.05) is 0 Å². The van der Waals surface area contributed by atoms with Crippen LogP contribution in [0.15, 0.2) is 60.7 Å². The first-order valence-electron chi connectivity index (χ1n) is 10.8. The van der Waals surface area contributed by atoms with E-state index >= 15 is 0 Å². The Bertz CT molecular complexity index is 1270. The van der Waals surface area contributed by atoms with Crippen LogP contribution in [0.5, 0.6) is 5.75 Å². The summed E-state index contributed by atoms with van der Waals surface area (Å²) >= 11 is 0. The lowest BCUT2D eigenvalue weighted by atomic mass is 9.80. The van der Waals surface area contributed by atoms with Gasteiger partial charge in [-0.1, -0.05) is 54.6 Å². The number of carbonyl (C=O) groups is 2. The predicted octanol–water partition coefficient (Wildman–Crippen LogP) is 4.79. The second-order valence-electron chi connectivity index (χ2n) is 8.97. The minimum Gasteiger partial charge on any atom is -0.488 e. The molecule has 0 bridgehead atoms. The van der Waals surface area contributed by atoms with Crippen molar-refractivity contribution in [2.24, 2.45) is 0 Å². The molecule has 3 aromatic carbocycles. The van der Waals surface area contributed by atoms with Crippen molar-refractivity contribution in [3.05, 3.63) is 99.6 Å². The van der Waals surface area contributed by atoms with Gasteiger partial charge in [0.2, 0.25) is 0 Å². The molecule has 1 aliphatic heterocycles. The number of benzene rings is 3. The van der Waals surface area contributed by atoms with Gasteiger partial charge in [0.15, 0.2) is 17.4 Å². The van der Waals surface area contributed by atoms with Gasteiger partial charge in [0.25, 0.3) is 0 Å². The fraction of sp³-hybridized carbons (Fsp3) is 0.259. The number of fused-ring (bicyclic) bond motifs is 6. The van der Waals surface area contributed by atoms with Gasteiger partial charge in [-0.2, -0.15) is 0 Å². The molecule has 5 nitrogen and oxygen atoms in total. The second-order valence-corrected chi connectivity index (χ2v) is 8.97. The van der Waals surface area contributed by atoms with Gasteiger partial charge in [0.05, 0.1) is 6.10 Å². The zero-order valence-corrected chi connectivity index (χ0v) is 17.9. The van der Waals surface area contributed by atoms with E-state index in [1.165, 1.54) is 0 Å². The molecular weight excluding hydrogens is 404 g/mol. The summed E-state index contributed by atoms with van der Waals surface area (Å²) in [6.45, 7) is 4.13. The van der Waals surface area contributed by atoms with Crippen LogP contribution in [-0.4, -0.2) is 23.5 Å². The zero-order chi connectivity index (χ0) is 22.0. The standard InChI is InChI=1S/C27H22O5/c1-27(2)31-21-12-18-22-19(24(28)16-10-6-7-11-17(16)25(22)29)13-20(23(18)26(21)32-27)30-14-15-8-4-3-5-9-15/h3-11,13,21,26H,12,14H2,1-2H3/t21-,26-/m1/s1. The lowest BCUT2D eigenvalue weighted by molar-refractivity contribution is -0.148. The van der Waals surface area contributed by atoms with Crippen LogP contribution in [0.2, 0.25) is 0 Å². The van der Waals surface area contributed by atoms with Gasteiger partial charge in [-0.05, 0) is 31.0 Å². The fourth-order valence-corrected chi connectivity index (χ4v) is 5.13. The Kier molecular flexibility index (Phi) is 4.16. The Hall–Kier alpha value is -3.28. The highest BCUT2D eigenvalue weighted by atomic mass is 16.8. The van der Waals surface area contributed by atoms with Crippen LogP contribution in [-0.2, 0) is 22.5 Å². The van der Waals surface area contributed by atoms with E-state index < -0.39 is 5.79 Å². The van der Waals surface area contributed by atoms with Crippen LogP contribution in [0, 0.1) is 0 Å². The summed E-state index contributed by atoms with van der Waals surface area (Å²) in [5.41, 5.74) is 4.41. The summed E-state index contributed by atoms with van der Waals surface area (Å²) in [6.07, 6.45) is -0.0445. The maximum absolute atomic E-state index is 13.5. The third-order valence-corrected chi connectivity index (χ3v) is 6.44. The summed E-state index contributed by atoms with van der Waals surface area (Å²) in [4.78, 5) is 26.8. The molecule has 0 amide bonds. The Morgan fingerprint density at radius 2 is 1.59 bits per heavy atom. The van der Waals surface area contributed by atoms with Crippen molar-refractivity contribution in [3.63, 3.8) is 0 Å². The molecule has 2 aliphatic carbocycles. The molecule has 32 heavy (non-hydrogen) atoms. The minimum atomic E-state index is -0.716. The van der Waals surface area contributed by atoms with Gasteiger partial charge in [0, 0.05) is 34.2 Å². The Morgan fingerprint density at radius 1 is 0.906 bits per heavy atom. The molecule has 0 N–H and O–H groups in total. The Labute approximate surface area is 185 Å². The first-order chi connectivity index (χ1) is 15.4. The van der Waals surface area contributed by atoms with Gasteiger partial charge < -0.3 is 14.2 Å². The van der Waals surface area contributed by atoms with Crippen molar-refractivity contribution < 1.29 is 23.8 Å². The first kappa shape index (κ1) is 19.4. The number of ketones is 2. The third-order valence-electron chi connectivity index (χ3n) is 6.44. The van der Waals surface area contributed by atoms with Gasteiger partial charge in [0.1, 0.15) is 18.5 Å². The molecule has 1 saturated heterocycles. The number of rotatable bonds is 3. The predicted molar refractivity (Wildman–Crippen MR) is 117 cm³/mol. The topological polar surface area (TPSA) is 61.8 Å². The highest BCUT2D eigenvalue weighted by molar-refractivity contribution is 6.29. The summed E-state index contributed by atoms with van der Waals surface area (Å²) in [5.74, 6) is -0.412. The summed E-state index contributed by atoms with van der Waals surface area (Å²) in [5, 5.41) is 0. The lowest BCUT2D eigenvalue weighted by Gasteiger charge is -2.25. The molecule has 3 aromatic rings. The van der Waals surface area contributed by atoms with Gasteiger partial charge in [-0.25, -0.2) is 0 Å². The van der Waals surface area contributed by atoms with E-state index in [-0.39, 0.29) is 23.8 Å². The Morgan fingerprint density at radius 3 is 2.34 bits per heavy atom. The van der Waals surface area contributed by atoms with Crippen molar-refractivity contribution in [3.8, 4) is 5.75 Å². The highest BCUT2D eigenvalue weighted by Gasteiger charge is 2.50. The minimum absolute atomic E-state index is 0.125. The van der Waals surface area contributed by atoms with E-state index in [0.717, 1.165) is 16.7 Å². The molecular formula is C27H22O5. The van der Waals surface area contributed by atoms with Crippen LogP contribution >= 0.6 is 0 Å². The fourth-order valence-electron chi connectivity index (χ4n) is 5.13. The van der Waals surface area contributed by atoms with Crippen LogP contribution in [0.4, 0.5) is 0 Å². The van der Waals surface area contributed by atoms with E-state index in [1.807, 2.05) is 44.2 Å². The molecule has 0 spiro atoms. The quantitative estimate of drug-likeness (QED) is 0.471. The van der Waals surface area contributed by atoms with Crippen LogP contribution < -0.4 is 4.74 Å². The Balaban J connectivity index is 1.51. The monoisotopic (exact) mass is 426 g/mol. The molecule has 0 aromatic heterocycles.